The quantitative estimate of drug-likeness (QED) is 0.0222. The van der Waals surface area contributed by atoms with Gasteiger partial charge in [-0.2, -0.15) is 0 Å². The Balaban J connectivity index is 5.12. The zero-order chi connectivity index (χ0) is 71.1. The lowest BCUT2D eigenvalue weighted by Gasteiger charge is -2.21. The number of esters is 4. The molecule has 0 radical (unpaired) electrons. The molecular formula is C78H152O17P2. The van der Waals surface area contributed by atoms with Crippen LogP contribution >= 0.6 is 15.6 Å². The van der Waals surface area contributed by atoms with Crippen molar-refractivity contribution in [3.63, 3.8) is 0 Å². The van der Waals surface area contributed by atoms with Gasteiger partial charge in [-0.1, -0.05) is 368 Å². The molecule has 19 heteroatoms. The van der Waals surface area contributed by atoms with Crippen molar-refractivity contribution < 1.29 is 80.2 Å². The smallest absolute Gasteiger partial charge is 0.462 e. The highest BCUT2D eigenvalue weighted by molar-refractivity contribution is 7.47. The van der Waals surface area contributed by atoms with Crippen LogP contribution < -0.4 is 0 Å². The van der Waals surface area contributed by atoms with Crippen LogP contribution in [0.3, 0.4) is 0 Å². The van der Waals surface area contributed by atoms with Gasteiger partial charge in [0.15, 0.2) is 12.2 Å². The highest BCUT2D eigenvalue weighted by atomic mass is 31.2. The van der Waals surface area contributed by atoms with Crippen LogP contribution in [0.5, 0.6) is 0 Å². The Hall–Kier alpha value is -1.94. The molecule has 5 atom stereocenters. The van der Waals surface area contributed by atoms with Gasteiger partial charge in [-0.3, -0.25) is 37.3 Å². The number of ether oxygens (including phenoxy) is 4. The third kappa shape index (κ3) is 72.2. The molecule has 0 amide bonds. The van der Waals surface area contributed by atoms with Crippen molar-refractivity contribution in [3.05, 3.63) is 0 Å². The van der Waals surface area contributed by atoms with Crippen LogP contribution in [-0.4, -0.2) is 96.7 Å². The van der Waals surface area contributed by atoms with Gasteiger partial charge in [-0.25, -0.2) is 9.13 Å². The number of unbranched alkanes of at least 4 members (excludes halogenated alkanes) is 53. The molecule has 2 unspecified atom stereocenters. The zero-order valence-electron chi connectivity index (χ0n) is 63.1. The predicted molar refractivity (Wildman–Crippen MR) is 395 cm³/mol. The van der Waals surface area contributed by atoms with Gasteiger partial charge in [0.1, 0.15) is 19.3 Å². The van der Waals surface area contributed by atoms with E-state index in [2.05, 4.69) is 27.7 Å². The van der Waals surface area contributed by atoms with E-state index in [0.29, 0.717) is 25.7 Å². The molecule has 0 spiro atoms. The van der Waals surface area contributed by atoms with Gasteiger partial charge >= 0.3 is 39.5 Å². The van der Waals surface area contributed by atoms with Crippen molar-refractivity contribution in [2.24, 2.45) is 0 Å². The highest BCUT2D eigenvalue weighted by Gasteiger charge is 2.30. The van der Waals surface area contributed by atoms with Crippen LogP contribution in [0.4, 0.5) is 0 Å². The van der Waals surface area contributed by atoms with Gasteiger partial charge in [0.2, 0.25) is 0 Å². The fraction of sp³-hybridized carbons (Fsp3) is 0.949. The molecule has 0 saturated carbocycles. The summed E-state index contributed by atoms with van der Waals surface area (Å²) in [6.07, 6.45) is 64.3. The summed E-state index contributed by atoms with van der Waals surface area (Å²) in [5, 5.41) is 10.6. The number of aliphatic hydroxyl groups is 1. The maximum atomic E-state index is 13.1. The van der Waals surface area contributed by atoms with Crippen LogP contribution in [0.25, 0.3) is 0 Å². The van der Waals surface area contributed by atoms with E-state index < -0.39 is 97.5 Å². The first-order valence-electron chi connectivity index (χ1n) is 40.8. The van der Waals surface area contributed by atoms with Gasteiger partial charge in [-0.05, 0) is 25.7 Å². The summed E-state index contributed by atoms with van der Waals surface area (Å²) < 4.78 is 68.4. The van der Waals surface area contributed by atoms with E-state index in [1.54, 1.807) is 0 Å². The number of hydrogen-bond donors (Lipinski definition) is 3. The molecule has 0 aliphatic carbocycles. The molecule has 0 saturated heterocycles. The van der Waals surface area contributed by atoms with Crippen molar-refractivity contribution >= 4 is 39.5 Å². The Morgan fingerprint density at radius 3 is 0.608 bits per heavy atom. The minimum atomic E-state index is -4.96. The molecule has 0 aliphatic heterocycles. The van der Waals surface area contributed by atoms with Crippen molar-refractivity contribution in [1.82, 2.24) is 0 Å². The molecule has 0 aliphatic rings. The number of carbonyl (C=O) groups is 4. The summed E-state index contributed by atoms with van der Waals surface area (Å²) in [6, 6.07) is 0. The summed E-state index contributed by atoms with van der Waals surface area (Å²) in [7, 11) is -9.90. The van der Waals surface area contributed by atoms with E-state index >= 15 is 0 Å². The molecule has 17 nitrogen and oxygen atoms in total. The second-order valence-corrected chi connectivity index (χ2v) is 31.0. The third-order valence-corrected chi connectivity index (χ3v) is 20.3. The van der Waals surface area contributed by atoms with Crippen LogP contribution in [0.2, 0.25) is 0 Å². The largest absolute Gasteiger partial charge is 0.472 e. The first-order valence-corrected chi connectivity index (χ1v) is 43.8. The Morgan fingerprint density at radius 2 is 0.412 bits per heavy atom. The second-order valence-electron chi connectivity index (χ2n) is 28.1. The molecule has 0 bridgehead atoms. The van der Waals surface area contributed by atoms with Crippen molar-refractivity contribution in [2.45, 2.75) is 438 Å². The van der Waals surface area contributed by atoms with Crippen LogP contribution in [0.15, 0.2) is 0 Å². The standard InChI is InChI=1S/C78H152O17P2/c1-5-9-13-17-20-23-26-29-32-34-36-37-39-41-44-47-50-53-57-61-65-78(83)95-74(69-89-76(81)63-59-55-51-48-45-43-40-38-35-33-30-27-24-21-18-14-10-6-2)71-93-97(86,87)91-67-72(79)66-90-96(84,85)92-70-73(68-88-75(80)62-58-54-16-12-8-4)94-77(82)64-60-56-52-49-46-42-31-28-25-22-19-15-11-7-3/h72-74,79H,5-71H2,1-4H3,(H,84,85)(H,86,87)/t72-,73+,74+/m0/s1. The molecule has 97 heavy (non-hydrogen) atoms. The molecule has 0 fully saturated rings. The Morgan fingerprint density at radius 1 is 0.247 bits per heavy atom. The van der Waals surface area contributed by atoms with Crippen molar-refractivity contribution in [2.75, 3.05) is 39.6 Å². The van der Waals surface area contributed by atoms with Gasteiger partial charge in [0, 0.05) is 25.7 Å². The molecule has 0 aromatic heterocycles. The molecule has 0 aromatic carbocycles. The third-order valence-electron chi connectivity index (χ3n) is 18.4. The van der Waals surface area contributed by atoms with Gasteiger partial charge in [0.25, 0.3) is 0 Å². The van der Waals surface area contributed by atoms with Gasteiger partial charge < -0.3 is 33.8 Å². The summed E-state index contributed by atoms with van der Waals surface area (Å²) in [5.74, 6) is -2.12. The summed E-state index contributed by atoms with van der Waals surface area (Å²) in [6.45, 7) is 4.92. The van der Waals surface area contributed by atoms with Gasteiger partial charge in [0.05, 0.1) is 26.4 Å². The number of carbonyl (C=O) groups excluding carboxylic acids is 4. The average Bonchev–Trinajstić information content (AvgIpc) is 1.47. The molecule has 3 N–H and O–H groups in total. The maximum absolute atomic E-state index is 13.1. The topological polar surface area (TPSA) is 237 Å². The first-order chi connectivity index (χ1) is 47.2. The number of phosphoric ester groups is 2. The Bertz CT molecular complexity index is 1840. The minimum Gasteiger partial charge on any atom is -0.462 e. The molecular weight excluding hydrogens is 1270 g/mol. The SMILES string of the molecule is CCCCCCCCCCCCCCCCCCCCCCC(=O)O[C@H](COC(=O)CCCCCCCCCCCCCCCCCCCC)COP(=O)(O)OC[C@@H](O)COP(=O)(O)OC[C@@H](COC(=O)CCCCCCC)OC(=O)CCCCCCCCCCCCCCCC. The van der Waals surface area contributed by atoms with Crippen molar-refractivity contribution in [1.29, 1.82) is 0 Å². The lowest BCUT2D eigenvalue weighted by atomic mass is 10.0. The number of aliphatic hydroxyl groups excluding tert-OH is 1. The van der Waals surface area contributed by atoms with E-state index in [9.17, 15) is 43.2 Å². The number of rotatable bonds is 79. The molecule has 0 aromatic rings. The monoisotopic (exact) mass is 1420 g/mol. The van der Waals surface area contributed by atoms with E-state index in [1.165, 1.54) is 244 Å². The fourth-order valence-electron chi connectivity index (χ4n) is 12.1. The summed E-state index contributed by atoms with van der Waals surface area (Å²) in [4.78, 5) is 72.6. The lowest BCUT2D eigenvalue weighted by molar-refractivity contribution is -0.161. The normalized spacial score (nSPS) is 13.8. The Labute approximate surface area is 594 Å². The van der Waals surface area contributed by atoms with Crippen molar-refractivity contribution in [3.8, 4) is 0 Å². The minimum absolute atomic E-state index is 0.108. The molecule has 0 rings (SSSR count). The maximum Gasteiger partial charge on any atom is 0.472 e. The van der Waals surface area contributed by atoms with E-state index in [4.69, 9.17) is 37.0 Å². The average molecular weight is 1420 g/mol. The fourth-order valence-corrected chi connectivity index (χ4v) is 13.7. The summed E-state index contributed by atoms with van der Waals surface area (Å²) >= 11 is 0. The number of hydrogen-bond acceptors (Lipinski definition) is 15. The molecule has 0 heterocycles. The Kier molecular flexibility index (Phi) is 71.0. The second kappa shape index (κ2) is 72.4. The predicted octanol–water partition coefficient (Wildman–Crippen LogP) is 23.4. The lowest BCUT2D eigenvalue weighted by Crippen LogP contribution is -2.30. The van der Waals surface area contributed by atoms with Crippen LogP contribution in [-0.2, 0) is 65.4 Å². The van der Waals surface area contributed by atoms with E-state index in [1.807, 2.05) is 0 Å². The van der Waals surface area contributed by atoms with E-state index in [0.717, 1.165) is 96.3 Å². The van der Waals surface area contributed by atoms with E-state index in [-0.39, 0.29) is 25.7 Å². The first kappa shape index (κ1) is 95.1. The van der Waals surface area contributed by atoms with Crippen LogP contribution in [0.1, 0.15) is 419 Å². The van der Waals surface area contributed by atoms with Crippen LogP contribution in [0, 0.1) is 0 Å². The summed E-state index contributed by atoms with van der Waals surface area (Å²) in [5.41, 5.74) is 0. The van der Waals surface area contributed by atoms with Gasteiger partial charge in [-0.15, -0.1) is 0 Å². The zero-order valence-corrected chi connectivity index (χ0v) is 64.8. The number of phosphoric acid groups is 2. The molecule has 576 valence electrons. The highest BCUT2D eigenvalue weighted by Crippen LogP contribution is 2.45.